The number of rotatable bonds is 5. The van der Waals surface area contributed by atoms with Gasteiger partial charge in [0.05, 0.1) is 5.69 Å². The van der Waals surface area contributed by atoms with E-state index in [0.717, 1.165) is 62.3 Å². The largest absolute Gasteiger partial charge is 0.396 e. The van der Waals surface area contributed by atoms with Crippen LogP contribution in [-0.2, 0) is 0 Å². The third-order valence-corrected chi connectivity index (χ3v) is 9.01. The Morgan fingerprint density at radius 2 is 1.65 bits per heavy atom. The first kappa shape index (κ1) is 23.3. The quantitative estimate of drug-likeness (QED) is 0.309. The average molecular weight is 614 g/mol. The molecule has 2 aromatic heterocycles. The van der Waals surface area contributed by atoms with Crippen LogP contribution in [0.1, 0.15) is 42.6 Å². The molecule has 1 aliphatic rings. The SMILES string of the molecule is Cc1cc(N2CCC(CCCO)CC2)c2c(C)c(C)n(-c3cc(Br)c(Br)cc3Br)c2n1. The molecule has 1 N–H and O–H groups in total. The molecule has 0 spiro atoms. The summed E-state index contributed by atoms with van der Waals surface area (Å²) in [5, 5.41) is 10.4. The lowest BCUT2D eigenvalue weighted by atomic mass is 9.92. The molecular formula is C24H28Br3N3O. The maximum atomic E-state index is 9.15. The summed E-state index contributed by atoms with van der Waals surface area (Å²) in [6, 6.07) is 6.46. The van der Waals surface area contributed by atoms with Gasteiger partial charge in [-0.15, -0.1) is 0 Å². The molecule has 1 saturated heterocycles. The first-order valence-corrected chi connectivity index (χ1v) is 13.2. The fourth-order valence-corrected chi connectivity index (χ4v) is 6.24. The van der Waals surface area contributed by atoms with Gasteiger partial charge in [-0.1, -0.05) is 0 Å². The van der Waals surface area contributed by atoms with Gasteiger partial charge in [0, 0.05) is 55.6 Å². The lowest BCUT2D eigenvalue weighted by molar-refractivity contribution is 0.261. The Morgan fingerprint density at radius 1 is 0.968 bits per heavy atom. The van der Waals surface area contributed by atoms with Gasteiger partial charge in [-0.2, -0.15) is 0 Å². The van der Waals surface area contributed by atoms with Crippen LogP contribution in [0.5, 0.6) is 0 Å². The smallest absolute Gasteiger partial charge is 0.147 e. The molecule has 1 fully saturated rings. The maximum Gasteiger partial charge on any atom is 0.147 e. The summed E-state index contributed by atoms with van der Waals surface area (Å²) in [7, 11) is 0. The van der Waals surface area contributed by atoms with Crippen molar-refractivity contribution in [2.45, 2.75) is 46.5 Å². The van der Waals surface area contributed by atoms with Crippen LogP contribution in [0, 0.1) is 26.7 Å². The summed E-state index contributed by atoms with van der Waals surface area (Å²) >= 11 is 11.0. The highest BCUT2D eigenvalue weighted by molar-refractivity contribution is 9.13. The van der Waals surface area contributed by atoms with Crippen LogP contribution in [0.25, 0.3) is 16.7 Å². The number of aromatic nitrogens is 2. The number of nitrogens with zero attached hydrogens (tertiary/aromatic N) is 3. The molecule has 1 aliphatic heterocycles. The van der Waals surface area contributed by atoms with Crippen molar-refractivity contribution in [1.29, 1.82) is 0 Å². The molecule has 0 unspecified atom stereocenters. The predicted octanol–water partition coefficient (Wildman–Crippen LogP) is 7.23. The first-order valence-electron chi connectivity index (χ1n) is 10.8. The molecule has 3 heterocycles. The topological polar surface area (TPSA) is 41.3 Å². The van der Waals surface area contributed by atoms with E-state index in [4.69, 9.17) is 10.1 Å². The lowest BCUT2D eigenvalue weighted by Gasteiger charge is -2.34. The van der Waals surface area contributed by atoms with Crippen molar-refractivity contribution in [3.05, 3.63) is 48.6 Å². The van der Waals surface area contributed by atoms with E-state index in [-0.39, 0.29) is 0 Å². The van der Waals surface area contributed by atoms with E-state index >= 15 is 0 Å². The van der Waals surface area contributed by atoms with Gasteiger partial charge in [-0.25, -0.2) is 4.98 Å². The standard InChI is InChI=1S/C24H28Br3N3O/c1-14-11-22(29-8-6-17(7-9-29)5-4-10-31)23-15(2)16(3)30(24(23)28-14)21-13-19(26)18(25)12-20(21)27/h11-13,17,31H,4-10H2,1-3H3. The number of benzene rings is 1. The number of halogens is 3. The highest BCUT2D eigenvalue weighted by Crippen LogP contribution is 2.40. The van der Waals surface area contributed by atoms with Crippen molar-refractivity contribution in [2.24, 2.45) is 5.92 Å². The third kappa shape index (κ3) is 4.48. The fraction of sp³-hybridized carbons (Fsp3) is 0.458. The average Bonchev–Trinajstić information content (AvgIpc) is 2.99. The van der Waals surface area contributed by atoms with E-state index < -0.39 is 0 Å². The van der Waals surface area contributed by atoms with E-state index in [0.29, 0.717) is 6.61 Å². The third-order valence-electron chi connectivity index (χ3n) is 6.53. The Bertz CT molecular complexity index is 1120. The molecule has 0 aliphatic carbocycles. The van der Waals surface area contributed by atoms with Gasteiger partial charge >= 0.3 is 0 Å². The Morgan fingerprint density at radius 3 is 2.32 bits per heavy atom. The summed E-state index contributed by atoms with van der Waals surface area (Å²) in [6.07, 6.45) is 4.43. The predicted molar refractivity (Wildman–Crippen MR) is 140 cm³/mol. The van der Waals surface area contributed by atoms with Crippen LogP contribution in [0.3, 0.4) is 0 Å². The first-order chi connectivity index (χ1) is 14.8. The van der Waals surface area contributed by atoms with Crippen LogP contribution in [0.4, 0.5) is 5.69 Å². The Labute approximate surface area is 209 Å². The molecule has 4 nitrogen and oxygen atoms in total. The van der Waals surface area contributed by atoms with Crippen molar-refractivity contribution in [2.75, 3.05) is 24.6 Å². The second kappa shape index (κ2) is 9.54. The highest BCUT2D eigenvalue weighted by Gasteiger charge is 2.25. The molecule has 31 heavy (non-hydrogen) atoms. The molecule has 1 aromatic carbocycles. The lowest BCUT2D eigenvalue weighted by Crippen LogP contribution is -2.34. The van der Waals surface area contributed by atoms with Crippen LogP contribution in [-0.4, -0.2) is 34.4 Å². The van der Waals surface area contributed by atoms with E-state index in [1.165, 1.54) is 35.2 Å². The van der Waals surface area contributed by atoms with Crippen molar-refractivity contribution in [3.63, 3.8) is 0 Å². The number of fused-ring (bicyclic) bond motifs is 1. The molecule has 3 aromatic rings. The maximum absolute atomic E-state index is 9.15. The monoisotopic (exact) mass is 611 g/mol. The van der Waals surface area contributed by atoms with Gasteiger partial charge in [0.1, 0.15) is 5.65 Å². The summed E-state index contributed by atoms with van der Waals surface area (Å²) < 4.78 is 5.33. The number of anilines is 1. The van der Waals surface area contributed by atoms with Gasteiger partial charge in [-0.3, -0.25) is 4.57 Å². The summed E-state index contributed by atoms with van der Waals surface area (Å²) in [5.74, 6) is 0.727. The van der Waals surface area contributed by atoms with Crippen molar-refractivity contribution >= 4 is 64.5 Å². The molecule has 4 rings (SSSR count). The molecule has 0 atom stereocenters. The van der Waals surface area contributed by atoms with Gasteiger partial charge < -0.3 is 10.0 Å². The minimum absolute atomic E-state index is 0.304. The summed E-state index contributed by atoms with van der Waals surface area (Å²) in [6.45, 7) is 8.91. The minimum atomic E-state index is 0.304. The number of aliphatic hydroxyl groups is 1. The number of piperidine rings is 1. The van der Waals surface area contributed by atoms with Crippen LogP contribution >= 0.6 is 47.8 Å². The Hall–Kier alpha value is -0.890. The number of hydrogen-bond donors (Lipinski definition) is 1. The second-order valence-corrected chi connectivity index (χ2v) is 11.1. The van der Waals surface area contributed by atoms with Gasteiger partial charge in [0.2, 0.25) is 0 Å². The van der Waals surface area contributed by atoms with Crippen molar-refractivity contribution < 1.29 is 5.11 Å². The number of aryl methyl sites for hydroxylation is 2. The summed E-state index contributed by atoms with van der Waals surface area (Å²) in [4.78, 5) is 7.54. The van der Waals surface area contributed by atoms with Gasteiger partial charge in [0.25, 0.3) is 0 Å². The molecule has 7 heteroatoms. The molecule has 0 amide bonds. The molecule has 0 radical (unpaired) electrons. The minimum Gasteiger partial charge on any atom is -0.396 e. The fourth-order valence-electron chi connectivity index (χ4n) is 4.74. The van der Waals surface area contributed by atoms with Gasteiger partial charge in [0.15, 0.2) is 0 Å². The van der Waals surface area contributed by atoms with Gasteiger partial charge in [-0.05, 0) is 124 Å². The molecular weight excluding hydrogens is 586 g/mol. The van der Waals surface area contributed by atoms with Crippen LogP contribution < -0.4 is 4.90 Å². The van der Waals surface area contributed by atoms with Crippen LogP contribution in [0.15, 0.2) is 31.6 Å². The molecule has 166 valence electrons. The zero-order valence-corrected chi connectivity index (χ0v) is 22.9. The molecule has 0 bridgehead atoms. The Balaban J connectivity index is 1.80. The number of aliphatic hydroxyl groups excluding tert-OH is 1. The second-order valence-electron chi connectivity index (χ2n) is 8.54. The van der Waals surface area contributed by atoms with E-state index in [1.807, 2.05) is 0 Å². The van der Waals surface area contributed by atoms with E-state index in [1.54, 1.807) is 0 Å². The van der Waals surface area contributed by atoms with E-state index in [2.05, 4.69) is 96.2 Å². The normalized spacial score (nSPS) is 15.3. The number of hydrogen-bond acceptors (Lipinski definition) is 3. The van der Waals surface area contributed by atoms with E-state index in [9.17, 15) is 0 Å². The zero-order valence-electron chi connectivity index (χ0n) is 18.2. The highest BCUT2D eigenvalue weighted by atomic mass is 79.9. The van der Waals surface area contributed by atoms with Crippen LogP contribution in [0.2, 0.25) is 0 Å². The summed E-state index contributed by atoms with van der Waals surface area (Å²) in [5.41, 5.74) is 6.93. The number of pyridine rings is 1. The molecule has 0 saturated carbocycles. The Kier molecular flexibility index (Phi) is 7.16. The zero-order chi connectivity index (χ0) is 22.3. The van der Waals surface area contributed by atoms with Crippen molar-refractivity contribution in [3.8, 4) is 5.69 Å². The van der Waals surface area contributed by atoms with Crippen molar-refractivity contribution in [1.82, 2.24) is 9.55 Å².